The van der Waals surface area contributed by atoms with E-state index < -0.39 is 5.60 Å². The van der Waals surface area contributed by atoms with Crippen molar-refractivity contribution in [1.29, 1.82) is 0 Å². The number of anilines is 2. The fourth-order valence-electron chi connectivity index (χ4n) is 3.78. The largest absolute Gasteiger partial charge is 0.497 e. The summed E-state index contributed by atoms with van der Waals surface area (Å²) in [5.74, 6) is 0.641. The Morgan fingerprint density at radius 1 is 0.914 bits per heavy atom. The molecule has 3 aromatic rings. The number of hydrogen-bond donors (Lipinski definition) is 1. The molecule has 1 aliphatic rings. The van der Waals surface area contributed by atoms with Gasteiger partial charge in [0, 0.05) is 22.9 Å². The van der Waals surface area contributed by atoms with E-state index in [1.807, 2.05) is 0 Å². The first-order valence-corrected chi connectivity index (χ1v) is 11.0. The number of Topliss-reactive ketones (excluding diaryl/α,β-unsaturated/α-hetero) is 1. The van der Waals surface area contributed by atoms with Gasteiger partial charge in [-0.1, -0.05) is 6.07 Å². The fraction of sp³-hybridized carbons (Fsp3) is 0.222. The van der Waals surface area contributed by atoms with Crippen LogP contribution in [-0.4, -0.2) is 44.0 Å². The summed E-state index contributed by atoms with van der Waals surface area (Å²) in [6, 6.07) is 18.5. The molecule has 0 spiro atoms. The molecule has 35 heavy (non-hydrogen) atoms. The lowest BCUT2D eigenvalue weighted by atomic mass is 10.0. The van der Waals surface area contributed by atoms with Crippen LogP contribution in [0.4, 0.5) is 11.4 Å². The van der Waals surface area contributed by atoms with Gasteiger partial charge in [-0.2, -0.15) is 0 Å². The maximum atomic E-state index is 13.2. The molecule has 0 bridgehead atoms. The van der Waals surface area contributed by atoms with Crippen molar-refractivity contribution < 1.29 is 28.6 Å². The third kappa shape index (κ3) is 4.96. The minimum Gasteiger partial charge on any atom is -0.497 e. The van der Waals surface area contributed by atoms with E-state index in [0.717, 1.165) is 0 Å². The molecule has 1 heterocycles. The van der Waals surface area contributed by atoms with Crippen LogP contribution < -0.4 is 24.4 Å². The molecule has 0 saturated heterocycles. The quantitative estimate of drug-likeness (QED) is 0.512. The number of ketones is 1. The maximum absolute atomic E-state index is 13.2. The van der Waals surface area contributed by atoms with Gasteiger partial charge in [-0.3, -0.25) is 19.3 Å². The normalized spacial score (nSPS) is 13.9. The molecule has 1 N–H and O–H groups in total. The topological polar surface area (TPSA) is 94.2 Å². The highest BCUT2D eigenvalue weighted by molar-refractivity contribution is 6.11. The Balaban J connectivity index is 1.63. The Kier molecular flexibility index (Phi) is 6.46. The van der Waals surface area contributed by atoms with E-state index in [1.54, 1.807) is 94.8 Å². The van der Waals surface area contributed by atoms with Crippen molar-refractivity contribution >= 4 is 29.0 Å². The Morgan fingerprint density at radius 2 is 1.60 bits per heavy atom. The second-order valence-electron chi connectivity index (χ2n) is 8.52. The van der Waals surface area contributed by atoms with Gasteiger partial charge in [0.15, 0.2) is 11.4 Å². The molecule has 8 nitrogen and oxygen atoms in total. The van der Waals surface area contributed by atoms with Gasteiger partial charge < -0.3 is 19.5 Å². The van der Waals surface area contributed by atoms with Crippen LogP contribution in [0.5, 0.6) is 17.2 Å². The van der Waals surface area contributed by atoms with Crippen molar-refractivity contribution in [3.63, 3.8) is 0 Å². The van der Waals surface area contributed by atoms with Crippen LogP contribution in [0.1, 0.15) is 34.6 Å². The summed E-state index contributed by atoms with van der Waals surface area (Å²) in [7, 11) is 3.09. The van der Waals surface area contributed by atoms with Crippen molar-refractivity contribution in [2.45, 2.75) is 19.4 Å². The van der Waals surface area contributed by atoms with Crippen LogP contribution in [0.3, 0.4) is 0 Å². The first kappa shape index (κ1) is 23.8. The lowest BCUT2D eigenvalue weighted by molar-refractivity contribution is -0.132. The summed E-state index contributed by atoms with van der Waals surface area (Å²) in [4.78, 5) is 40.6. The summed E-state index contributed by atoms with van der Waals surface area (Å²) in [6.45, 7) is 3.09. The first-order valence-electron chi connectivity index (χ1n) is 11.0. The van der Waals surface area contributed by atoms with E-state index in [0.29, 0.717) is 39.8 Å². The van der Waals surface area contributed by atoms with Crippen LogP contribution in [0, 0.1) is 0 Å². The highest BCUT2D eigenvalue weighted by Gasteiger charge is 2.42. The highest BCUT2D eigenvalue weighted by Crippen LogP contribution is 2.38. The molecule has 0 atom stereocenters. The first-order chi connectivity index (χ1) is 16.7. The molecular formula is C27H26N2O6. The van der Waals surface area contributed by atoms with Crippen LogP contribution in [0.15, 0.2) is 66.7 Å². The minimum atomic E-state index is -1.17. The van der Waals surface area contributed by atoms with Crippen LogP contribution in [-0.2, 0) is 4.79 Å². The monoisotopic (exact) mass is 474 g/mol. The van der Waals surface area contributed by atoms with Crippen LogP contribution >= 0.6 is 0 Å². The number of methoxy groups -OCH3 is 2. The van der Waals surface area contributed by atoms with Crippen molar-refractivity contribution in [3.8, 4) is 17.2 Å². The Labute approximate surface area is 203 Å². The molecule has 0 unspecified atom stereocenters. The number of nitrogens with one attached hydrogen (secondary N) is 1. The number of carbonyl (C=O) groups is 3. The summed E-state index contributed by atoms with van der Waals surface area (Å²) in [6.07, 6.45) is 0. The lowest BCUT2D eigenvalue weighted by Crippen LogP contribution is -2.53. The van der Waals surface area contributed by atoms with E-state index in [4.69, 9.17) is 14.2 Å². The molecule has 0 radical (unpaired) electrons. The van der Waals surface area contributed by atoms with Gasteiger partial charge >= 0.3 is 0 Å². The molecule has 0 aromatic heterocycles. The zero-order valence-corrected chi connectivity index (χ0v) is 20.0. The Hall–Kier alpha value is -4.33. The van der Waals surface area contributed by atoms with Crippen LogP contribution in [0.25, 0.3) is 0 Å². The summed E-state index contributed by atoms with van der Waals surface area (Å²) in [5.41, 5.74) is 0.500. The fourth-order valence-corrected chi connectivity index (χ4v) is 3.78. The van der Waals surface area contributed by atoms with Crippen molar-refractivity contribution in [2.24, 2.45) is 0 Å². The number of ether oxygens (including phenoxy) is 3. The standard InChI is InChI=1S/C27H26N2O6/c1-27(2)26(32)29(16-23(30)17-8-11-20(33-3)12-9-17)22-14-18(10-13-24(22)35-27)25(31)28-19-6-5-7-21(15-19)34-4/h5-15H,16H2,1-4H3,(H,28,31). The molecular weight excluding hydrogens is 448 g/mol. The Bertz CT molecular complexity index is 1280. The van der Waals surface area contributed by atoms with Gasteiger partial charge in [-0.15, -0.1) is 0 Å². The predicted octanol–water partition coefficient (Wildman–Crippen LogP) is 4.34. The van der Waals surface area contributed by atoms with E-state index >= 15 is 0 Å². The zero-order valence-electron chi connectivity index (χ0n) is 20.0. The van der Waals surface area contributed by atoms with E-state index in [-0.39, 0.29) is 24.1 Å². The van der Waals surface area contributed by atoms with Gasteiger partial charge in [0.2, 0.25) is 0 Å². The molecule has 180 valence electrons. The number of benzene rings is 3. The molecule has 0 saturated carbocycles. The van der Waals surface area contributed by atoms with E-state index in [9.17, 15) is 14.4 Å². The summed E-state index contributed by atoms with van der Waals surface area (Å²) < 4.78 is 16.2. The zero-order chi connectivity index (χ0) is 25.2. The SMILES string of the molecule is COc1ccc(C(=O)CN2C(=O)C(C)(C)Oc3ccc(C(=O)Nc4cccc(OC)c4)cc32)cc1. The third-order valence-corrected chi connectivity index (χ3v) is 5.68. The number of nitrogens with zero attached hydrogens (tertiary/aromatic N) is 1. The predicted molar refractivity (Wildman–Crippen MR) is 132 cm³/mol. The average molecular weight is 475 g/mol. The van der Waals surface area contributed by atoms with Gasteiger partial charge in [-0.05, 0) is 68.4 Å². The molecule has 4 rings (SSSR count). The summed E-state index contributed by atoms with van der Waals surface area (Å²) >= 11 is 0. The number of fused-ring (bicyclic) bond motifs is 1. The lowest BCUT2D eigenvalue weighted by Gasteiger charge is -2.38. The molecule has 0 fully saturated rings. The molecule has 8 heteroatoms. The number of rotatable bonds is 7. The van der Waals surface area contributed by atoms with Gasteiger partial charge in [0.25, 0.3) is 11.8 Å². The highest BCUT2D eigenvalue weighted by atomic mass is 16.5. The van der Waals surface area contributed by atoms with Crippen molar-refractivity contribution in [3.05, 3.63) is 77.9 Å². The molecule has 3 aromatic carbocycles. The van der Waals surface area contributed by atoms with E-state index in [2.05, 4.69) is 5.32 Å². The van der Waals surface area contributed by atoms with Crippen molar-refractivity contribution in [1.82, 2.24) is 0 Å². The number of amides is 2. The maximum Gasteiger partial charge on any atom is 0.271 e. The van der Waals surface area contributed by atoms with Gasteiger partial charge in [0.05, 0.1) is 26.5 Å². The van der Waals surface area contributed by atoms with E-state index in [1.165, 1.54) is 4.90 Å². The average Bonchev–Trinajstić information content (AvgIpc) is 2.86. The smallest absolute Gasteiger partial charge is 0.271 e. The van der Waals surface area contributed by atoms with Crippen LogP contribution in [0.2, 0.25) is 0 Å². The second kappa shape index (κ2) is 9.50. The number of hydrogen-bond acceptors (Lipinski definition) is 6. The van der Waals surface area contributed by atoms with Gasteiger partial charge in [-0.25, -0.2) is 0 Å². The number of carbonyl (C=O) groups excluding carboxylic acids is 3. The Morgan fingerprint density at radius 3 is 2.29 bits per heavy atom. The van der Waals surface area contributed by atoms with Crippen molar-refractivity contribution in [2.75, 3.05) is 31.0 Å². The second-order valence-corrected chi connectivity index (χ2v) is 8.52. The molecule has 0 aliphatic carbocycles. The third-order valence-electron chi connectivity index (χ3n) is 5.68. The molecule has 1 aliphatic heterocycles. The van der Waals surface area contributed by atoms with Gasteiger partial charge in [0.1, 0.15) is 17.2 Å². The molecule has 2 amide bonds. The summed E-state index contributed by atoms with van der Waals surface area (Å²) in [5, 5.41) is 2.82. The minimum absolute atomic E-state index is 0.202.